The maximum Gasteiger partial charge on any atom is 0.108 e. The van der Waals surface area contributed by atoms with E-state index in [1.807, 2.05) is 34.0 Å². The van der Waals surface area contributed by atoms with Crippen molar-refractivity contribution < 1.29 is 5.11 Å². The van der Waals surface area contributed by atoms with E-state index in [4.69, 9.17) is 5.11 Å². The van der Waals surface area contributed by atoms with Crippen molar-refractivity contribution in [3.05, 3.63) is 30.4 Å². The lowest BCUT2D eigenvalue weighted by Gasteiger charge is -2.34. The molecule has 0 unspecified atom stereocenters. The van der Waals surface area contributed by atoms with Gasteiger partial charge in [0.15, 0.2) is 0 Å². The smallest absolute Gasteiger partial charge is 0.108 e. The molecule has 7 heteroatoms. The number of aromatic nitrogens is 5. The fraction of sp³-hybridized carbons (Fsp3) is 0.667. The average molecular weight is 304 g/mol. The van der Waals surface area contributed by atoms with Gasteiger partial charge in [-0.3, -0.25) is 4.68 Å². The first-order valence-corrected chi connectivity index (χ1v) is 8.01. The van der Waals surface area contributed by atoms with Crippen LogP contribution in [0.15, 0.2) is 24.7 Å². The highest BCUT2D eigenvalue weighted by atomic mass is 16.3. The summed E-state index contributed by atoms with van der Waals surface area (Å²) in [5.41, 5.74) is 0.633. The minimum Gasteiger partial charge on any atom is -0.390 e. The quantitative estimate of drug-likeness (QED) is 0.836. The lowest BCUT2D eigenvalue weighted by atomic mass is 9.90. The van der Waals surface area contributed by atoms with Crippen molar-refractivity contribution in [2.45, 2.75) is 63.9 Å². The zero-order valence-corrected chi connectivity index (χ0v) is 13.0. The lowest BCUT2D eigenvalue weighted by Crippen LogP contribution is -2.45. The van der Waals surface area contributed by atoms with Crippen molar-refractivity contribution in [2.24, 2.45) is 0 Å². The predicted molar refractivity (Wildman–Crippen MR) is 82.1 cm³/mol. The van der Waals surface area contributed by atoms with Crippen molar-refractivity contribution in [1.82, 2.24) is 30.1 Å². The van der Waals surface area contributed by atoms with Crippen LogP contribution in [0.25, 0.3) is 0 Å². The van der Waals surface area contributed by atoms with Gasteiger partial charge in [0.05, 0.1) is 25.4 Å². The molecule has 0 radical (unpaired) electrons. The molecule has 2 aromatic heterocycles. The van der Waals surface area contributed by atoms with E-state index in [-0.39, 0.29) is 6.61 Å². The van der Waals surface area contributed by atoms with Gasteiger partial charge in [0, 0.05) is 24.5 Å². The van der Waals surface area contributed by atoms with Gasteiger partial charge >= 0.3 is 0 Å². The van der Waals surface area contributed by atoms with Gasteiger partial charge in [-0.15, -0.1) is 5.10 Å². The van der Waals surface area contributed by atoms with Crippen LogP contribution in [0.4, 0.5) is 0 Å². The molecule has 3 rings (SSSR count). The van der Waals surface area contributed by atoms with Crippen LogP contribution in [-0.2, 0) is 13.2 Å². The highest BCUT2D eigenvalue weighted by Crippen LogP contribution is 2.28. The Hall–Kier alpha value is -1.73. The van der Waals surface area contributed by atoms with E-state index < -0.39 is 0 Å². The van der Waals surface area contributed by atoms with Crippen molar-refractivity contribution in [2.75, 3.05) is 0 Å². The molecular weight excluding hydrogens is 280 g/mol. The molecule has 1 saturated carbocycles. The number of aliphatic hydroxyl groups excluding tert-OH is 1. The second-order valence-electron chi connectivity index (χ2n) is 6.10. The van der Waals surface area contributed by atoms with Crippen LogP contribution in [0.5, 0.6) is 0 Å². The summed E-state index contributed by atoms with van der Waals surface area (Å²) in [5, 5.41) is 25.3. The molecule has 2 aromatic rings. The summed E-state index contributed by atoms with van der Waals surface area (Å²) in [6.07, 6.45) is 10.4. The second kappa shape index (κ2) is 7.02. The summed E-state index contributed by atoms with van der Waals surface area (Å²) >= 11 is 0. The molecule has 1 aliphatic carbocycles. The molecule has 0 bridgehead atoms. The van der Waals surface area contributed by atoms with Crippen molar-refractivity contribution >= 4 is 0 Å². The number of hydrogen-bond acceptors (Lipinski definition) is 5. The van der Waals surface area contributed by atoms with Crippen LogP contribution in [0, 0.1) is 0 Å². The van der Waals surface area contributed by atoms with Gasteiger partial charge in [0.25, 0.3) is 0 Å². The standard InChI is InChI=1S/C15H24N6O/c1-12(9-20-8-4-7-16-20)17-14-5-2-3-6-15(14)21-10-13(11-22)18-19-21/h4,7-8,10,12,14-15,17,22H,2-3,5-6,9,11H2,1H3/t12-,14+,15-/m1/s1. The zero-order chi connectivity index (χ0) is 15.4. The number of aliphatic hydroxyl groups is 1. The Morgan fingerprint density at radius 3 is 3.00 bits per heavy atom. The average Bonchev–Trinajstić information content (AvgIpc) is 3.19. The Morgan fingerprint density at radius 2 is 2.27 bits per heavy atom. The van der Waals surface area contributed by atoms with E-state index in [0.29, 0.717) is 23.8 Å². The van der Waals surface area contributed by atoms with Crippen LogP contribution >= 0.6 is 0 Å². The monoisotopic (exact) mass is 304 g/mol. The number of nitrogens with one attached hydrogen (secondary N) is 1. The van der Waals surface area contributed by atoms with E-state index in [2.05, 4.69) is 27.7 Å². The maximum absolute atomic E-state index is 9.16. The molecule has 1 aliphatic rings. The molecule has 1 fully saturated rings. The van der Waals surface area contributed by atoms with E-state index >= 15 is 0 Å². The highest BCUT2D eigenvalue weighted by molar-refractivity contribution is 4.94. The molecule has 0 aromatic carbocycles. The minimum absolute atomic E-state index is 0.0550. The Balaban J connectivity index is 1.64. The van der Waals surface area contributed by atoms with Crippen LogP contribution in [0.2, 0.25) is 0 Å². The van der Waals surface area contributed by atoms with E-state index in [9.17, 15) is 0 Å². The fourth-order valence-corrected chi connectivity index (χ4v) is 3.28. The number of hydrogen-bond donors (Lipinski definition) is 2. The van der Waals surface area contributed by atoms with Gasteiger partial charge < -0.3 is 10.4 Å². The van der Waals surface area contributed by atoms with Crippen LogP contribution in [-0.4, -0.2) is 42.0 Å². The minimum atomic E-state index is -0.0550. The van der Waals surface area contributed by atoms with Gasteiger partial charge in [-0.1, -0.05) is 18.1 Å². The van der Waals surface area contributed by atoms with E-state index in [1.165, 1.54) is 12.8 Å². The summed E-state index contributed by atoms with van der Waals surface area (Å²) in [6, 6.07) is 2.97. The molecule has 0 spiro atoms. The number of nitrogens with zero attached hydrogens (tertiary/aromatic N) is 5. The molecule has 2 heterocycles. The molecular formula is C15H24N6O. The van der Waals surface area contributed by atoms with Gasteiger partial charge in [-0.2, -0.15) is 5.10 Å². The van der Waals surface area contributed by atoms with Crippen LogP contribution < -0.4 is 5.32 Å². The Morgan fingerprint density at radius 1 is 1.41 bits per heavy atom. The molecule has 0 aliphatic heterocycles. The molecule has 22 heavy (non-hydrogen) atoms. The summed E-state index contributed by atoms with van der Waals surface area (Å²) in [6.45, 7) is 2.99. The van der Waals surface area contributed by atoms with E-state index in [0.717, 1.165) is 19.4 Å². The first-order valence-electron chi connectivity index (χ1n) is 8.01. The molecule has 0 saturated heterocycles. The third-order valence-electron chi connectivity index (χ3n) is 4.31. The fourth-order valence-electron chi connectivity index (χ4n) is 3.28. The second-order valence-corrected chi connectivity index (χ2v) is 6.10. The Bertz CT molecular complexity index is 566. The largest absolute Gasteiger partial charge is 0.390 e. The summed E-state index contributed by atoms with van der Waals surface area (Å²) in [7, 11) is 0. The SMILES string of the molecule is C[C@H](Cn1cccn1)N[C@H]1CCCC[C@H]1n1cc(CO)nn1. The lowest BCUT2D eigenvalue weighted by molar-refractivity contribution is 0.223. The highest BCUT2D eigenvalue weighted by Gasteiger charge is 2.28. The van der Waals surface area contributed by atoms with Gasteiger partial charge in [0.2, 0.25) is 0 Å². The molecule has 120 valence electrons. The topological polar surface area (TPSA) is 80.8 Å². The van der Waals surface area contributed by atoms with Gasteiger partial charge in [-0.05, 0) is 25.8 Å². The first kappa shape index (κ1) is 15.2. The molecule has 7 nitrogen and oxygen atoms in total. The normalized spacial score (nSPS) is 23.5. The zero-order valence-electron chi connectivity index (χ0n) is 13.0. The molecule has 3 atom stereocenters. The first-order chi connectivity index (χ1) is 10.8. The Labute approximate surface area is 130 Å². The number of rotatable bonds is 6. The Kier molecular flexibility index (Phi) is 4.84. The van der Waals surface area contributed by atoms with Crippen molar-refractivity contribution in [1.29, 1.82) is 0 Å². The van der Waals surface area contributed by atoms with Crippen molar-refractivity contribution in [3.8, 4) is 0 Å². The van der Waals surface area contributed by atoms with Crippen LogP contribution in [0.3, 0.4) is 0 Å². The summed E-state index contributed by atoms with van der Waals surface area (Å²) in [4.78, 5) is 0. The summed E-state index contributed by atoms with van der Waals surface area (Å²) < 4.78 is 3.87. The van der Waals surface area contributed by atoms with Gasteiger partial charge in [-0.25, -0.2) is 4.68 Å². The predicted octanol–water partition coefficient (Wildman–Crippen LogP) is 1.13. The van der Waals surface area contributed by atoms with E-state index in [1.54, 1.807) is 0 Å². The van der Waals surface area contributed by atoms with Crippen LogP contribution in [0.1, 0.15) is 44.3 Å². The third-order valence-corrected chi connectivity index (χ3v) is 4.31. The molecule has 0 amide bonds. The third kappa shape index (κ3) is 3.53. The summed E-state index contributed by atoms with van der Waals surface area (Å²) in [5.74, 6) is 0. The van der Waals surface area contributed by atoms with Gasteiger partial charge in [0.1, 0.15) is 5.69 Å². The maximum atomic E-state index is 9.16. The van der Waals surface area contributed by atoms with Crippen molar-refractivity contribution in [3.63, 3.8) is 0 Å². The molecule has 2 N–H and O–H groups in total.